The molecule has 0 saturated carbocycles. The summed E-state index contributed by atoms with van der Waals surface area (Å²) in [6.45, 7) is -0.438. The Morgan fingerprint density at radius 3 is 2.29 bits per heavy atom. The predicted octanol–water partition coefficient (Wildman–Crippen LogP) is 2.32. The molecule has 0 unspecified atom stereocenters. The van der Waals surface area contributed by atoms with Crippen LogP contribution in [-0.4, -0.2) is 28.5 Å². The second-order valence-electron chi connectivity index (χ2n) is 6.09. The number of carbonyl (C=O) groups is 2. The number of anilines is 1. The Hall–Kier alpha value is -3.74. The van der Waals surface area contributed by atoms with Crippen LogP contribution in [0.4, 0.5) is 5.82 Å². The molecule has 28 heavy (non-hydrogen) atoms. The number of nitrogens with one attached hydrogen (secondary N) is 1. The minimum absolute atomic E-state index is 0.0425. The van der Waals surface area contributed by atoms with Gasteiger partial charge in [0.2, 0.25) is 0 Å². The van der Waals surface area contributed by atoms with Crippen LogP contribution in [0.5, 0.6) is 0 Å². The number of esters is 1. The fourth-order valence-corrected chi connectivity index (χ4v) is 2.73. The Kier molecular flexibility index (Phi) is 6.30. The monoisotopic (exact) mass is 376 g/mol. The highest BCUT2D eigenvalue weighted by molar-refractivity contribution is 5.93. The number of aromatic nitrogens is 2. The highest BCUT2D eigenvalue weighted by atomic mass is 16.5. The number of nitrogen functional groups attached to an aromatic ring is 1. The van der Waals surface area contributed by atoms with Crippen molar-refractivity contribution in [1.82, 2.24) is 15.3 Å². The van der Waals surface area contributed by atoms with Gasteiger partial charge in [-0.05, 0) is 17.5 Å². The second-order valence-corrected chi connectivity index (χ2v) is 6.09. The maximum absolute atomic E-state index is 12.4. The number of nitrogens with zero attached hydrogens (tertiary/aromatic N) is 2. The molecular formula is C21H20N4O3. The van der Waals surface area contributed by atoms with E-state index in [1.807, 2.05) is 60.7 Å². The van der Waals surface area contributed by atoms with Crippen molar-refractivity contribution in [2.24, 2.45) is 0 Å². The van der Waals surface area contributed by atoms with Gasteiger partial charge in [0.25, 0.3) is 5.91 Å². The van der Waals surface area contributed by atoms with Crippen LogP contribution in [0.15, 0.2) is 73.1 Å². The average Bonchev–Trinajstić information content (AvgIpc) is 2.73. The van der Waals surface area contributed by atoms with Crippen LogP contribution >= 0.6 is 0 Å². The zero-order valence-corrected chi connectivity index (χ0v) is 15.1. The Morgan fingerprint density at radius 1 is 0.964 bits per heavy atom. The molecule has 0 aliphatic heterocycles. The molecule has 2 aromatic carbocycles. The van der Waals surface area contributed by atoms with E-state index in [-0.39, 0.29) is 17.6 Å². The summed E-state index contributed by atoms with van der Waals surface area (Å²) in [6.07, 6.45) is 3.31. The van der Waals surface area contributed by atoms with Gasteiger partial charge < -0.3 is 15.8 Å². The van der Waals surface area contributed by atoms with Gasteiger partial charge in [0, 0.05) is 12.4 Å². The van der Waals surface area contributed by atoms with Gasteiger partial charge in [0.05, 0.1) is 6.04 Å². The van der Waals surface area contributed by atoms with Gasteiger partial charge in [0.1, 0.15) is 0 Å². The van der Waals surface area contributed by atoms with Crippen molar-refractivity contribution in [3.63, 3.8) is 0 Å². The fraction of sp³-hybridized carbons (Fsp3) is 0.143. The third kappa shape index (κ3) is 5.14. The molecule has 0 aliphatic carbocycles. The highest BCUT2D eigenvalue weighted by Gasteiger charge is 2.18. The van der Waals surface area contributed by atoms with Crippen LogP contribution in [0, 0.1) is 0 Å². The summed E-state index contributed by atoms with van der Waals surface area (Å²) in [5.41, 5.74) is 7.53. The molecule has 3 aromatic rings. The van der Waals surface area contributed by atoms with Crippen LogP contribution < -0.4 is 11.1 Å². The Bertz CT molecular complexity index is 933. The third-order valence-corrected chi connectivity index (χ3v) is 4.07. The lowest BCUT2D eigenvalue weighted by Gasteiger charge is -2.19. The van der Waals surface area contributed by atoms with E-state index in [0.29, 0.717) is 6.42 Å². The maximum Gasteiger partial charge on any atom is 0.361 e. The van der Waals surface area contributed by atoms with Crippen molar-refractivity contribution in [2.45, 2.75) is 12.5 Å². The quantitative estimate of drug-likeness (QED) is 0.613. The number of hydrogen-bond donors (Lipinski definition) is 2. The van der Waals surface area contributed by atoms with Crippen molar-refractivity contribution in [3.8, 4) is 0 Å². The first-order chi connectivity index (χ1) is 13.6. The first-order valence-electron chi connectivity index (χ1n) is 8.75. The normalized spacial score (nSPS) is 11.4. The lowest BCUT2D eigenvalue weighted by atomic mass is 9.99. The average molecular weight is 376 g/mol. The lowest BCUT2D eigenvalue weighted by molar-refractivity contribution is -0.125. The molecule has 0 aliphatic rings. The molecule has 0 saturated heterocycles. The van der Waals surface area contributed by atoms with Crippen molar-refractivity contribution in [1.29, 1.82) is 0 Å². The molecule has 0 spiro atoms. The van der Waals surface area contributed by atoms with Crippen LogP contribution in [0.2, 0.25) is 0 Å². The molecular weight excluding hydrogens is 356 g/mol. The number of benzene rings is 2. The van der Waals surface area contributed by atoms with Crippen molar-refractivity contribution in [3.05, 3.63) is 89.9 Å². The Morgan fingerprint density at radius 2 is 1.61 bits per heavy atom. The van der Waals surface area contributed by atoms with Crippen molar-refractivity contribution in [2.75, 3.05) is 12.3 Å². The van der Waals surface area contributed by atoms with E-state index in [0.717, 1.165) is 11.1 Å². The minimum atomic E-state index is -0.792. The summed E-state index contributed by atoms with van der Waals surface area (Å²) in [5.74, 6) is -1.25. The SMILES string of the molecule is Nc1nccnc1C(=O)OCC(=O)N[C@@H](Cc1ccccc1)c1ccccc1. The largest absolute Gasteiger partial charge is 0.451 e. The number of amides is 1. The smallest absolute Gasteiger partial charge is 0.361 e. The number of ether oxygens (including phenoxy) is 1. The van der Waals surface area contributed by atoms with Crippen LogP contribution in [0.25, 0.3) is 0 Å². The molecule has 3 rings (SSSR count). The number of nitrogens with two attached hydrogens (primary N) is 1. The van der Waals surface area contributed by atoms with E-state index < -0.39 is 18.5 Å². The first-order valence-corrected chi connectivity index (χ1v) is 8.75. The highest BCUT2D eigenvalue weighted by Crippen LogP contribution is 2.18. The van der Waals surface area contributed by atoms with Gasteiger partial charge in [-0.15, -0.1) is 0 Å². The molecule has 1 heterocycles. The van der Waals surface area contributed by atoms with Gasteiger partial charge in [-0.1, -0.05) is 60.7 Å². The predicted molar refractivity (Wildman–Crippen MR) is 104 cm³/mol. The molecule has 3 N–H and O–H groups in total. The summed E-state index contributed by atoms with van der Waals surface area (Å²) < 4.78 is 5.02. The van der Waals surface area contributed by atoms with Gasteiger partial charge >= 0.3 is 5.97 Å². The number of rotatable bonds is 7. The first kappa shape index (κ1) is 19.0. The van der Waals surface area contributed by atoms with Crippen LogP contribution in [0.1, 0.15) is 27.7 Å². The van der Waals surface area contributed by atoms with E-state index in [1.165, 1.54) is 12.4 Å². The maximum atomic E-state index is 12.4. The second kappa shape index (κ2) is 9.27. The van der Waals surface area contributed by atoms with Crippen molar-refractivity contribution < 1.29 is 14.3 Å². The topological polar surface area (TPSA) is 107 Å². The molecule has 0 radical (unpaired) electrons. The van der Waals surface area contributed by atoms with Gasteiger partial charge in [-0.3, -0.25) is 4.79 Å². The summed E-state index contributed by atoms with van der Waals surface area (Å²) in [6, 6.07) is 19.2. The fourth-order valence-electron chi connectivity index (χ4n) is 2.73. The van der Waals surface area contributed by atoms with Crippen molar-refractivity contribution >= 4 is 17.7 Å². The van der Waals surface area contributed by atoms with Crippen LogP contribution in [0.3, 0.4) is 0 Å². The van der Waals surface area contributed by atoms with E-state index in [9.17, 15) is 9.59 Å². The minimum Gasteiger partial charge on any atom is -0.451 e. The third-order valence-electron chi connectivity index (χ3n) is 4.07. The molecule has 0 fully saturated rings. The lowest BCUT2D eigenvalue weighted by Crippen LogP contribution is -2.33. The summed E-state index contributed by atoms with van der Waals surface area (Å²) in [7, 11) is 0. The standard InChI is InChI=1S/C21H20N4O3/c22-20-19(23-11-12-24-20)21(27)28-14-18(26)25-17(16-9-5-2-6-10-16)13-15-7-3-1-4-8-15/h1-12,17H,13-14H2,(H2,22,24)(H,25,26)/t17-/m0/s1. The van der Waals surface area contributed by atoms with Gasteiger partial charge in [-0.2, -0.15) is 0 Å². The molecule has 1 atom stereocenters. The van der Waals surface area contributed by atoms with Crippen LogP contribution in [-0.2, 0) is 16.0 Å². The van der Waals surface area contributed by atoms with E-state index in [4.69, 9.17) is 10.5 Å². The summed E-state index contributed by atoms with van der Waals surface area (Å²) in [5, 5.41) is 2.92. The molecule has 1 amide bonds. The van der Waals surface area contributed by atoms with E-state index in [1.54, 1.807) is 0 Å². The zero-order valence-electron chi connectivity index (χ0n) is 15.1. The summed E-state index contributed by atoms with van der Waals surface area (Å²) in [4.78, 5) is 32.0. The van der Waals surface area contributed by atoms with E-state index in [2.05, 4.69) is 15.3 Å². The Balaban J connectivity index is 1.64. The van der Waals surface area contributed by atoms with E-state index >= 15 is 0 Å². The molecule has 7 heteroatoms. The number of carbonyl (C=O) groups excluding carboxylic acids is 2. The van der Waals surface area contributed by atoms with Gasteiger partial charge in [-0.25, -0.2) is 14.8 Å². The molecule has 1 aromatic heterocycles. The molecule has 7 nitrogen and oxygen atoms in total. The Labute approximate surface area is 162 Å². The summed E-state index contributed by atoms with van der Waals surface area (Å²) >= 11 is 0. The zero-order chi connectivity index (χ0) is 19.8. The molecule has 142 valence electrons. The van der Waals surface area contributed by atoms with Gasteiger partial charge in [0.15, 0.2) is 18.1 Å². The number of hydrogen-bond acceptors (Lipinski definition) is 6. The molecule has 0 bridgehead atoms.